The molecular weight excluding hydrogens is 291 g/mol. The molecule has 2 aromatic rings. The van der Waals surface area contributed by atoms with Crippen LogP contribution >= 0.6 is 11.8 Å². The number of aromatic nitrogens is 1. The van der Waals surface area contributed by atoms with Gasteiger partial charge in [-0.1, -0.05) is 11.8 Å². The Morgan fingerprint density at radius 3 is 2.62 bits per heavy atom. The zero-order valence-corrected chi connectivity index (χ0v) is 12.8. The van der Waals surface area contributed by atoms with Crippen LogP contribution in [-0.2, 0) is 4.74 Å². The van der Waals surface area contributed by atoms with Crippen molar-refractivity contribution in [2.75, 3.05) is 12.8 Å². The highest BCUT2D eigenvalue weighted by atomic mass is 32.2. The highest BCUT2D eigenvalue weighted by molar-refractivity contribution is 7.99. The Kier molecular flexibility index (Phi) is 4.47. The van der Waals surface area contributed by atoms with Gasteiger partial charge < -0.3 is 10.5 Å². The molecule has 1 heterocycles. The predicted molar refractivity (Wildman–Crippen MR) is 80.0 cm³/mol. The lowest BCUT2D eigenvalue weighted by Crippen LogP contribution is -2.06. The van der Waals surface area contributed by atoms with Gasteiger partial charge in [0.15, 0.2) is 0 Å². The lowest BCUT2D eigenvalue weighted by atomic mass is 10.2. The first-order valence-corrected chi connectivity index (χ1v) is 7.03. The van der Waals surface area contributed by atoms with E-state index in [1.165, 1.54) is 13.2 Å². The van der Waals surface area contributed by atoms with E-state index in [9.17, 15) is 9.18 Å². The number of anilines is 1. The highest BCUT2D eigenvalue weighted by Crippen LogP contribution is 2.32. The molecule has 21 heavy (non-hydrogen) atoms. The first-order chi connectivity index (χ1) is 9.90. The molecule has 0 aliphatic carbocycles. The summed E-state index contributed by atoms with van der Waals surface area (Å²) in [4.78, 5) is 16.2. The third-order valence-electron chi connectivity index (χ3n) is 2.80. The van der Waals surface area contributed by atoms with Crippen molar-refractivity contribution in [1.29, 1.82) is 0 Å². The van der Waals surface area contributed by atoms with E-state index in [1.807, 2.05) is 26.0 Å². The first kappa shape index (κ1) is 15.3. The molecule has 0 unspecified atom stereocenters. The van der Waals surface area contributed by atoms with Crippen LogP contribution in [0.4, 0.5) is 10.1 Å². The quantitative estimate of drug-likeness (QED) is 0.696. The fourth-order valence-corrected chi connectivity index (χ4v) is 2.90. The molecule has 0 fully saturated rings. The Hall–Kier alpha value is -2.08. The molecule has 0 aliphatic heterocycles. The molecule has 110 valence electrons. The van der Waals surface area contributed by atoms with Crippen LogP contribution in [0.1, 0.15) is 21.6 Å². The van der Waals surface area contributed by atoms with E-state index in [-0.39, 0.29) is 16.1 Å². The number of hydrogen-bond donors (Lipinski definition) is 1. The maximum Gasteiger partial charge on any atom is 0.339 e. The predicted octanol–water partition coefficient (Wildman–Crippen LogP) is 3.36. The van der Waals surface area contributed by atoms with Crippen LogP contribution in [0.5, 0.6) is 0 Å². The molecule has 0 amide bonds. The van der Waals surface area contributed by atoms with Gasteiger partial charge in [-0.25, -0.2) is 14.2 Å². The van der Waals surface area contributed by atoms with Gasteiger partial charge in [0, 0.05) is 11.4 Å². The summed E-state index contributed by atoms with van der Waals surface area (Å²) in [6.07, 6.45) is 0. The summed E-state index contributed by atoms with van der Waals surface area (Å²) in [6, 6.07) is 6.30. The third kappa shape index (κ3) is 3.52. The largest absolute Gasteiger partial charge is 0.465 e. The smallest absolute Gasteiger partial charge is 0.339 e. The summed E-state index contributed by atoms with van der Waals surface area (Å²) in [5, 5.41) is 0.659. The molecule has 0 radical (unpaired) electrons. The van der Waals surface area contributed by atoms with Gasteiger partial charge in [0.1, 0.15) is 10.8 Å². The number of halogens is 1. The van der Waals surface area contributed by atoms with Crippen LogP contribution in [0.25, 0.3) is 0 Å². The monoisotopic (exact) mass is 306 g/mol. The summed E-state index contributed by atoms with van der Waals surface area (Å²) >= 11 is 1.14. The number of hydrogen-bond acceptors (Lipinski definition) is 5. The minimum Gasteiger partial charge on any atom is -0.465 e. The van der Waals surface area contributed by atoms with Gasteiger partial charge in [-0.15, -0.1) is 0 Å². The molecular formula is C15H15FN2O2S. The molecule has 0 atom stereocenters. The number of carbonyl (C=O) groups excluding carboxylic acids is 1. The maximum absolute atomic E-state index is 14.0. The van der Waals surface area contributed by atoms with E-state index >= 15 is 0 Å². The topological polar surface area (TPSA) is 65.2 Å². The number of nitrogens with zero attached hydrogens (tertiary/aromatic N) is 1. The summed E-state index contributed by atoms with van der Waals surface area (Å²) in [6.45, 7) is 3.81. The van der Waals surface area contributed by atoms with Gasteiger partial charge >= 0.3 is 5.97 Å². The zero-order chi connectivity index (χ0) is 15.6. The van der Waals surface area contributed by atoms with Crippen LogP contribution in [0.3, 0.4) is 0 Å². The van der Waals surface area contributed by atoms with Crippen LogP contribution < -0.4 is 5.73 Å². The standard InChI is InChI=1S/C15H15FN2O2S/c1-8-4-9(2)18-14(5-8)21-13-6-10(15(19)20-3)12(17)7-11(13)16/h4-7H,17H2,1-3H3. The number of methoxy groups -OCH3 is 1. The molecule has 6 heteroatoms. The van der Waals surface area contributed by atoms with Gasteiger partial charge in [-0.05, 0) is 43.7 Å². The Morgan fingerprint density at radius 2 is 2.00 bits per heavy atom. The summed E-state index contributed by atoms with van der Waals surface area (Å²) < 4.78 is 18.6. The second kappa shape index (κ2) is 6.13. The van der Waals surface area contributed by atoms with Crippen molar-refractivity contribution in [3.05, 3.63) is 46.9 Å². The van der Waals surface area contributed by atoms with Gasteiger partial charge in [0.25, 0.3) is 0 Å². The van der Waals surface area contributed by atoms with Crippen molar-refractivity contribution < 1.29 is 13.9 Å². The van der Waals surface area contributed by atoms with Crippen molar-refractivity contribution in [1.82, 2.24) is 4.98 Å². The van der Waals surface area contributed by atoms with Crippen molar-refractivity contribution in [2.24, 2.45) is 0 Å². The Balaban J connectivity index is 2.41. The van der Waals surface area contributed by atoms with Crippen molar-refractivity contribution in [3.8, 4) is 0 Å². The minimum atomic E-state index is -0.595. The lowest BCUT2D eigenvalue weighted by molar-refractivity contribution is 0.0601. The number of nitrogen functional groups attached to an aromatic ring is 1. The molecule has 4 nitrogen and oxygen atoms in total. The summed E-state index contributed by atoms with van der Waals surface area (Å²) in [5.41, 5.74) is 7.72. The fourth-order valence-electron chi connectivity index (χ4n) is 1.90. The molecule has 2 rings (SSSR count). The molecule has 0 saturated heterocycles. The maximum atomic E-state index is 14.0. The second-order valence-electron chi connectivity index (χ2n) is 4.59. The minimum absolute atomic E-state index is 0.0529. The Labute approximate surface area is 126 Å². The average Bonchev–Trinajstić information content (AvgIpc) is 2.40. The van der Waals surface area contributed by atoms with Crippen LogP contribution in [-0.4, -0.2) is 18.1 Å². The van der Waals surface area contributed by atoms with Crippen molar-refractivity contribution >= 4 is 23.4 Å². The highest BCUT2D eigenvalue weighted by Gasteiger charge is 2.16. The number of esters is 1. The molecule has 0 spiro atoms. The molecule has 0 bridgehead atoms. The number of rotatable bonds is 3. The van der Waals surface area contributed by atoms with Gasteiger partial charge in [0.05, 0.1) is 17.6 Å². The van der Waals surface area contributed by atoms with E-state index in [2.05, 4.69) is 9.72 Å². The van der Waals surface area contributed by atoms with E-state index in [0.717, 1.165) is 29.1 Å². The normalized spacial score (nSPS) is 10.5. The van der Waals surface area contributed by atoms with Crippen LogP contribution in [0.2, 0.25) is 0 Å². The third-order valence-corrected chi connectivity index (χ3v) is 3.75. The zero-order valence-electron chi connectivity index (χ0n) is 11.9. The first-order valence-electron chi connectivity index (χ1n) is 6.21. The number of aryl methyl sites for hydroxylation is 2. The molecule has 1 aromatic heterocycles. The van der Waals surface area contributed by atoms with Crippen LogP contribution in [0.15, 0.2) is 34.2 Å². The van der Waals surface area contributed by atoms with E-state index < -0.39 is 11.8 Å². The van der Waals surface area contributed by atoms with Gasteiger partial charge in [-0.3, -0.25) is 0 Å². The van der Waals surface area contributed by atoms with Gasteiger partial charge in [-0.2, -0.15) is 0 Å². The van der Waals surface area contributed by atoms with Crippen molar-refractivity contribution in [2.45, 2.75) is 23.8 Å². The molecule has 0 aliphatic rings. The Bertz CT molecular complexity index is 684. The number of nitrogens with two attached hydrogens (primary N) is 1. The summed E-state index contributed by atoms with van der Waals surface area (Å²) in [7, 11) is 1.25. The lowest BCUT2D eigenvalue weighted by Gasteiger charge is -2.09. The number of ether oxygens (including phenoxy) is 1. The van der Waals surface area contributed by atoms with Crippen LogP contribution in [0, 0.1) is 19.7 Å². The Morgan fingerprint density at radius 1 is 1.29 bits per heavy atom. The summed E-state index contributed by atoms with van der Waals surface area (Å²) in [5.74, 6) is -1.09. The second-order valence-corrected chi connectivity index (χ2v) is 5.65. The molecule has 2 N–H and O–H groups in total. The molecule has 1 aromatic carbocycles. The van der Waals surface area contributed by atoms with E-state index in [0.29, 0.717) is 5.03 Å². The average molecular weight is 306 g/mol. The molecule has 0 saturated carbocycles. The number of benzene rings is 1. The number of carbonyl (C=O) groups is 1. The van der Waals surface area contributed by atoms with E-state index in [1.54, 1.807) is 0 Å². The van der Waals surface area contributed by atoms with E-state index in [4.69, 9.17) is 5.73 Å². The van der Waals surface area contributed by atoms with Crippen molar-refractivity contribution in [3.63, 3.8) is 0 Å². The number of pyridine rings is 1. The van der Waals surface area contributed by atoms with Gasteiger partial charge in [0.2, 0.25) is 0 Å². The SMILES string of the molecule is COC(=O)c1cc(Sc2cc(C)cc(C)n2)c(F)cc1N. The fraction of sp³-hybridized carbons (Fsp3) is 0.200.